The number of nitrogen functional groups attached to an aromatic ring is 1. The summed E-state index contributed by atoms with van der Waals surface area (Å²) in [4.78, 5) is 63.7. The second kappa shape index (κ2) is 37.4. The molecule has 5 aliphatic rings. The molecule has 0 atom stereocenters. The highest BCUT2D eigenvalue weighted by molar-refractivity contribution is 14.1. The van der Waals surface area contributed by atoms with E-state index in [1.807, 2.05) is 48.5 Å². The molecule has 0 saturated heterocycles. The number of halogens is 3. The van der Waals surface area contributed by atoms with Gasteiger partial charge < -0.3 is 96.5 Å². The van der Waals surface area contributed by atoms with E-state index >= 15 is 0 Å². The Morgan fingerprint density at radius 3 is 1.18 bits per heavy atom. The van der Waals surface area contributed by atoms with Crippen molar-refractivity contribution in [1.82, 2.24) is 19.9 Å². The predicted molar refractivity (Wildman–Crippen MR) is 447 cm³/mol. The predicted octanol–water partition coefficient (Wildman–Crippen LogP) is 15.9. The second-order valence-electron chi connectivity index (χ2n) is 24.3. The number of carboxylic acids is 2. The van der Waals surface area contributed by atoms with Crippen LogP contribution in [0.15, 0.2) is 152 Å². The molecule has 9 heterocycles. The highest BCUT2D eigenvalue weighted by Crippen LogP contribution is 2.44. The Morgan fingerprint density at radius 1 is 0.421 bits per heavy atom. The number of aromatic nitrogens is 4. The Hall–Kier alpha value is -12.3. The number of benzene rings is 8. The summed E-state index contributed by atoms with van der Waals surface area (Å²) in [6.45, 7) is 5.26. The number of anilines is 1. The van der Waals surface area contributed by atoms with Gasteiger partial charge in [-0.2, -0.15) is 0 Å². The van der Waals surface area contributed by atoms with Gasteiger partial charge in [-0.3, -0.25) is 29.5 Å². The number of aliphatic carboxylic acids is 2. The van der Waals surface area contributed by atoms with E-state index in [1.165, 1.54) is 26.9 Å². The number of hydrogen-bond acceptors (Lipinski definition) is 26. The molecule has 5 aliphatic heterocycles. The van der Waals surface area contributed by atoms with Crippen LogP contribution in [0.3, 0.4) is 0 Å². The average Bonchev–Trinajstić information content (AvgIpc) is 1.31. The Kier molecular flexibility index (Phi) is 26.6. The van der Waals surface area contributed by atoms with Gasteiger partial charge in [0.1, 0.15) is 0 Å². The first-order valence-corrected chi connectivity index (χ1v) is 37.6. The zero-order valence-electron chi connectivity index (χ0n) is 62.1. The number of nitrogens with two attached hydrogens (primary N) is 1. The van der Waals surface area contributed by atoms with Gasteiger partial charge in [-0.15, -0.1) is 0 Å². The number of methoxy groups -OCH3 is 6. The van der Waals surface area contributed by atoms with Crippen LogP contribution >= 0.6 is 67.8 Å². The summed E-state index contributed by atoms with van der Waals surface area (Å²) in [5, 5.41) is 22.1. The molecular weight excluding hydrogens is 1820 g/mol. The molecule has 0 saturated carbocycles. The van der Waals surface area contributed by atoms with Crippen molar-refractivity contribution in [3.05, 3.63) is 202 Å². The number of hydrogen-bond donors (Lipinski definition) is 3. The van der Waals surface area contributed by atoms with Crippen molar-refractivity contribution in [1.29, 1.82) is 0 Å². The van der Waals surface area contributed by atoms with Crippen molar-refractivity contribution in [2.45, 2.75) is 20.3 Å². The fraction of sp³-hybridized carbons (Fsp3) is 0.181. The highest BCUT2D eigenvalue weighted by atomic mass is 127. The summed E-state index contributed by atoms with van der Waals surface area (Å²) in [5.74, 6) is 7.90. The molecule has 0 unspecified atom stereocenters. The molecule has 31 heteroatoms. The smallest absolute Gasteiger partial charge is 0.338 e. The fourth-order valence-corrected chi connectivity index (χ4v) is 14.0. The van der Waals surface area contributed by atoms with E-state index in [-0.39, 0.29) is 39.0 Å². The van der Waals surface area contributed by atoms with Crippen LogP contribution < -0.4 is 81.5 Å². The minimum atomic E-state index is -1.05. The number of pyridine rings is 4. The zero-order valence-corrected chi connectivity index (χ0v) is 68.6. The third kappa shape index (κ3) is 18.8. The quantitative estimate of drug-likeness (QED) is 0.0266. The molecule has 4 aromatic heterocycles. The molecule has 114 heavy (non-hydrogen) atoms. The molecule has 0 fully saturated rings. The molecule has 586 valence electrons. The van der Waals surface area contributed by atoms with Crippen molar-refractivity contribution >= 4 is 165 Å². The number of fused-ring (bicyclic) bond motifs is 9. The van der Waals surface area contributed by atoms with Crippen molar-refractivity contribution in [2.24, 2.45) is 0 Å². The third-order valence-corrected chi connectivity index (χ3v) is 20.3. The molecule has 4 N–H and O–H groups in total. The summed E-state index contributed by atoms with van der Waals surface area (Å²) in [7, 11) is 9.25. The van der Waals surface area contributed by atoms with Gasteiger partial charge in [0.2, 0.25) is 34.0 Å². The lowest BCUT2D eigenvalue weighted by atomic mass is 10.00. The summed E-state index contributed by atoms with van der Waals surface area (Å²) in [5.41, 5.74) is 15.1. The van der Waals surface area contributed by atoms with E-state index in [2.05, 4.69) is 94.6 Å². The number of nitrogens with zero attached hydrogens (tertiary/aromatic N) is 4. The van der Waals surface area contributed by atoms with Gasteiger partial charge in [-0.1, -0.05) is 0 Å². The molecule has 8 aromatic carbocycles. The van der Waals surface area contributed by atoms with Crippen LogP contribution in [-0.2, 0) is 25.5 Å². The van der Waals surface area contributed by atoms with Crippen molar-refractivity contribution < 1.29 is 110 Å². The molecule has 0 radical (unpaired) electrons. The third-order valence-electron chi connectivity index (χ3n) is 17.5. The van der Waals surface area contributed by atoms with Crippen LogP contribution in [0.25, 0.3) is 66.9 Å². The number of carbonyl (C=O) groups excluding carboxylic acids is 2. The van der Waals surface area contributed by atoms with Gasteiger partial charge in [0.25, 0.3) is 0 Å². The number of carboxylic acid groups (broad SMARTS) is 2. The largest absolute Gasteiger partial charge is 0.493 e. The standard InChI is InChI=1S/C23H20INO6.C21H16INO6.C11H7NO3.C11H9NO2.C10H11IO4.C7H7NO2/c1-4-29-23(26)16(15-9-19(27-2)20(28-3)10-17(15)24)7-13-5-6-25-18-11-22-21(8-14(13)18)30-12-31-22;1-26-17-7-13(15(22)8-18(17)27-2)14(21(24)25)5-11-3-4-23-16-9-20-19(6-12(11)16)28-10-29-20;13-5-7-1-2-12-9-4-11-10(3-8(7)9)14-6-15-11;1-7-2-3-12-9-5-11-10(4-8(7)9)13-6-14-11;1-14-8-3-6(4-10(12)13)7(11)5-9(8)15-2;8-5-1-2-6-7(3-5)10-4-9-6/h5-11H,4,12H2,1-3H3;3-9H,10H2,1-2H3,(H,24,25);1-5H,6H2;2-5H,6H2,1H3;3,5H,4H2,1-2H3,(H,12,13);1-3H,4,8H2/b16-7+;14-5+;;;;. The van der Waals surface area contributed by atoms with Crippen LogP contribution in [0.1, 0.15) is 50.7 Å². The minimum absolute atomic E-state index is 0.0153. The number of carbonyl (C=O) groups is 4. The van der Waals surface area contributed by atoms with E-state index in [9.17, 15) is 24.3 Å². The number of ether oxygens (including phenoxy) is 17. The maximum absolute atomic E-state index is 13.0. The Labute approximate surface area is 692 Å². The molecule has 12 aromatic rings. The molecular formula is C83H70I3N5O23. The SMILES string of the molecule is CCOC(=O)/C(=C/c1ccnc2cc3c(cc12)OCO3)c1cc(OC)c(OC)cc1I.COc1cc(I)c(/C(=C\c2ccnc3cc4c(cc23)OCO4)C(=O)O)cc1OC.COc1cc(I)c(CC(=O)O)cc1OC.Cc1ccnc2cc3c(cc12)OCO3.Nc1ccc2c(c1)OCO2.O=Cc1ccnc2cc3c(cc12)OCO3. The Bertz CT molecular complexity index is 5750. The average molecular weight is 1890 g/mol. The van der Waals surface area contributed by atoms with Gasteiger partial charge in [-0.05, 0) is 213 Å². The number of esters is 1. The van der Waals surface area contributed by atoms with Crippen LogP contribution in [0, 0.1) is 17.6 Å². The van der Waals surface area contributed by atoms with Gasteiger partial charge in [0, 0.05) is 110 Å². The minimum Gasteiger partial charge on any atom is -0.493 e. The Morgan fingerprint density at radius 2 is 0.763 bits per heavy atom. The zero-order chi connectivity index (χ0) is 80.7. The van der Waals surface area contributed by atoms with E-state index < -0.39 is 17.9 Å². The van der Waals surface area contributed by atoms with E-state index in [0.29, 0.717) is 122 Å². The number of aldehydes is 1. The summed E-state index contributed by atoms with van der Waals surface area (Å²) >= 11 is 6.33. The normalized spacial score (nSPS) is 12.6. The van der Waals surface area contributed by atoms with E-state index in [4.69, 9.17) is 91.4 Å². The lowest BCUT2D eigenvalue weighted by molar-refractivity contribution is -0.137. The number of aryl methyl sites for hydroxylation is 1. The molecule has 17 rings (SSSR count). The van der Waals surface area contributed by atoms with Gasteiger partial charge in [0.05, 0.1) is 88.9 Å². The maximum atomic E-state index is 13.0. The molecule has 0 aliphatic carbocycles. The fourth-order valence-electron chi connectivity index (χ4n) is 11.9. The van der Waals surface area contributed by atoms with Crippen molar-refractivity contribution in [3.8, 4) is 92.0 Å². The van der Waals surface area contributed by atoms with Gasteiger partial charge in [0.15, 0.2) is 98.3 Å². The monoisotopic (exact) mass is 1890 g/mol. The summed E-state index contributed by atoms with van der Waals surface area (Å²) < 4.78 is 92.5. The van der Waals surface area contributed by atoms with Crippen LogP contribution in [0.4, 0.5) is 5.69 Å². The van der Waals surface area contributed by atoms with Crippen LogP contribution in [0.5, 0.6) is 92.0 Å². The molecule has 28 nitrogen and oxygen atoms in total. The maximum Gasteiger partial charge on any atom is 0.338 e. The van der Waals surface area contributed by atoms with Crippen molar-refractivity contribution in [3.63, 3.8) is 0 Å². The first-order valence-electron chi connectivity index (χ1n) is 34.3. The summed E-state index contributed by atoms with van der Waals surface area (Å²) in [6.07, 6.45) is 11.0. The van der Waals surface area contributed by atoms with Crippen LogP contribution in [0.2, 0.25) is 0 Å². The highest BCUT2D eigenvalue weighted by Gasteiger charge is 2.25. The second-order valence-corrected chi connectivity index (χ2v) is 27.8. The first-order chi connectivity index (χ1) is 55.2. The van der Waals surface area contributed by atoms with Crippen molar-refractivity contribution in [2.75, 3.05) is 89.0 Å². The topological polar surface area (TPSA) is 343 Å². The first kappa shape index (κ1) is 81.2. The number of rotatable bonds is 16. The van der Waals surface area contributed by atoms with E-state index in [1.54, 1.807) is 144 Å². The molecule has 0 amide bonds. The van der Waals surface area contributed by atoms with Gasteiger partial charge >= 0.3 is 17.9 Å². The Balaban J connectivity index is 0.000000132. The molecule has 0 spiro atoms. The van der Waals surface area contributed by atoms with Crippen LogP contribution in [-0.4, -0.2) is 138 Å². The molecule has 0 bridgehead atoms. The lowest BCUT2D eigenvalue weighted by Crippen LogP contribution is -2.08. The van der Waals surface area contributed by atoms with Gasteiger partial charge in [-0.25, -0.2) is 9.59 Å². The van der Waals surface area contributed by atoms with E-state index in [0.717, 1.165) is 89.2 Å². The summed E-state index contributed by atoms with van der Waals surface area (Å²) in [6, 6.07) is 37.9. The lowest BCUT2D eigenvalue weighted by Gasteiger charge is -2.14.